The van der Waals surface area contributed by atoms with Crippen LogP contribution in [0.2, 0.25) is 0 Å². The van der Waals surface area contributed by atoms with E-state index in [1.165, 1.54) is 6.07 Å². The van der Waals surface area contributed by atoms with E-state index in [0.717, 1.165) is 5.56 Å². The number of anilines is 1. The van der Waals surface area contributed by atoms with Crippen molar-refractivity contribution in [2.24, 2.45) is 5.10 Å². The zero-order chi connectivity index (χ0) is 16.8. The molecule has 0 fully saturated rings. The van der Waals surface area contributed by atoms with Crippen LogP contribution in [0.5, 0.6) is 0 Å². The van der Waals surface area contributed by atoms with Crippen molar-refractivity contribution in [3.63, 3.8) is 0 Å². The Morgan fingerprint density at radius 2 is 1.75 bits per heavy atom. The maximum Gasteiger partial charge on any atom is 0.245 e. The molecule has 0 amide bonds. The van der Waals surface area contributed by atoms with Gasteiger partial charge in [0.1, 0.15) is 6.07 Å². The molecule has 3 rings (SSSR count). The Morgan fingerprint density at radius 3 is 2.42 bits per heavy atom. The summed E-state index contributed by atoms with van der Waals surface area (Å²) in [6, 6.07) is 21.6. The molecule has 6 nitrogen and oxygen atoms in total. The number of para-hydroxylation sites is 1. The molecule has 3 aromatic rings. The van der Waals surface area contributed by atoms with Crippen LogP contribution < -0.4 is 5.43 Å². The molecule has 1 heterocycles. The average Bonchev–Trinajstić information content (AvgIpc) is 3.14. The molecular formula is C18H12N4O2. The van der Waals surface area contributed by atoms with E-state index in [0.29, 0.717) is 11.4 Å². The highest BCUT2D eigenvalue weighted by atomic mass is 16.5. The van der Waals surface area contributed by atoms with Crippen molar-refractivity contribution in [2.75, 3.05) is 5.43 Å². The van der Waals surface area contributed by atoms with E-state index in [-0.39, 0.29) is 11.4 Å². The summed E-state index contributed by atoms with van der Waals surface area (Å²) >= 11 is 0. The van der Waals surface area contributed by atoms with E-state index in [2.05, 4.69) is 15.7 Å². The van der Waals surface area contributed by atoms with Gasteiger partial charge in [-0.25, -0.2) is 0 Å². The third-order valence-electron chi connectivity index (χ3n) is 3.19. The number of rotatable bonds is 5. The number of nitriles is 1. The van der Waals surface area contributed by atoms with E-state index in [9.17, 15) is 4.79 Å². The number of nitrogens with zero attached hydrogens (tertiary/aromatic N) is 3. The lowest BCUT2D eigenvalue weighted by Gasteiger charge is -1.99. The number of hydrogen-bond acceptors (Lipinski definition) is 6. The molecule has 6 heteroatoms. The Labute approximate surface area is 138 Å². The second-order valence-electron chi connectivity index (χ2n) is 4.82. The molecular weight excluding hydrogens is 304 g/mol. The van der Waals surface area contributed by atoms with Gasteiger partial charge in [-0.1, -0.05) is 53.7 Å². The molecule has 116 valence electrons. The number of hydrazone groups is 1. The molecule has 0 aliphatic heterocycles. The first-order valence-corrected chi connectivity index (χ1v) is 7.13. The molecule has 0 saturated carbocycles. The number of hydrogen-bond donors (Lipinski definition) is 1. The quantitative estimate of drug-likeness (QED) is 0.442. The summed E-state index contributed by atoms with van der Waals surface area (Å²) in [5.74, 6) is -0.154. The lowest BCUT2D eigenvalue weighted by atomic mass is 10.1. The highest BCUT2D eigenvalue weighted by molar-refractivity contribution is 6.51. The first kappa shape index (κ1) is 15.2. The van der Waals surface area contributed by atoms with Crippen LogP contribution >= 0.6 is 0 Å². The molecule has 0 unspecified atom stereocenters. The smallest absolute Gasteiger partial charge is 0.245 e. The predicted octanol–water partition coefficient (Wildman–Crippen LogP) is 3.52. The highest BCUT2D eigenvalue weighted by Gasteiger charge is 2.19. The normalized spacial score (nSPS) is 10.9. The monoisotopic (exact) mass is 316 g/mol. The van der Waals surface area contributed by atoms with Gasteiger partial charge in [-0.2, -0.15) is 10.4 Å². The minimum Gasteiger partial charge on any atom is -0.356 e. The molecule has 0 aliphatic rings. The fraction of sp³-hybridized carbons (Fsp3) is 0. The summed E-state index contributed by atoms with van der Waals surface area (Å²) in [6.45, 7) is 0. The summed E-state index contributed by atoms with van der Waals surface area (Å²) in [7, 11) is 0. The number of aromatic nitrogens is 1. The van der Waals surface area contributed by atoms with E-state index in [1.807, 2.05) is 48.5 Å². The number of nitrogens with one attached hydrogen (secondary N) is 1. The van der Waals surface area contributed by atoms with E-state index in [4.69, 9.17) is 9.78 Å². The van der Waals surface area contributed by atoms with Crippen LogP contribution in [0.3, 0.4) is 0 Å². The summed E-state index contributed by atoms with van der Waals surface area (Å²) in [5.41, 5.74) is 3.87. The van der Waals surface area contributed by atoms with Gasteiger partial charge in [-0.05, 0) is 12.1 Å². The van der Waals surface area contributed by atoms with Crippen LogP contribution in [0, 0.1) is 11.3 Å². The fourth-order valence-electron chi connectivity index (χ4n) is 2.00. The van der Waals surface area contributed by atoms with Crippen LogP contribution in [-0.2, 0) is 0 Å². The van der Waals surface area contributed by atoms with Gasteiger partial charge in [0.25, 0.3) is 0 Å². The van der Waals surface area contributed by atoms with Crippen LogP contribution in [0.1, 0.15) is 10.5 Å². The molecule has 1 N–H and O–H groups in total. The first-order chi connectivity index (χ1) is 11.8. The molecule has 0 saturated heterocycles. The lowest BCUT2D eigenvalue weighted by Crippen LogP contribution is -2.14. The first-order valence-electron chi connectivity index (χ1n) is 7.13. The number of ketones is 1. The number of carbonyl (C=O) groups is 1. The van der Waals surface area contributed by atoms with Gasteiger partial charge in [0, 0.05) is 11.6 Å². The summed E-state index contributed by atoms with van der Waals surface area (Å²) in [6.07, 6.45) is 0. The van der Waals surface area contributed by atoms with Crippen molar-refractivity contribution in [3.8, 4) is 17.4 Å². The Bertz CT molecular complexity index is 909. The Hall–Kier alpha value is -3.72. The van der Waals surface area contributed by atoms with Gasteiger partial charge in [0.2, 0.25) is 11.5 Å². The average molecular weight is 316 g/mol. The maximum atomic E-state index is 12.3. The molecule has 0 aliphatic carbocycles. The zero-order valence-electron chi connectivity index (χ0n) is 12.5. The van der Waals surface area contributed by atoms with Gasteiger partial charge in [0.05, 0.1) is 5.69 Å². The van der Waals surface area contributed by atoms with Gasteiger partial charge in [-0.3, -0.25) is 10.2 Å². The molecule has 0 atom stereocenters. The minimum atomic E-state index is -0.605. The highest BCUT2D eigenvalue weighted by Crippen LogP contribution is 2.20. The predicted molar refractivity (Wildman–Crippen MR) is 89.4 cm³/mol. The second-order valence-corrected chi connectivity index (χ2v) is 4.82. The van der Waals surface area contributed by atoms with Gasteiger partial charge in [-0.15, -0.1) is 0 Å². The molecule has 0 radical (unpaired) electrons. The van der Waals surface area contributed by atoms with Gasteiger partial charge in [0.15, 0.2) is 11.5 Å². The van der Waals surface area contributed by atoms with Crippen molar-refractivity contribution < 1.29 is 9.32 Å². The van der Waals surface area contributed by atoms with Crippen molar-refractivity contribution in [3.05, 3.63) is 72.4 Å². The molecule has 0 spiro atoms. The van der Waals surface area contributed by atoms with E-state index < -0.39 is 5.78 Å². The minimum absolute atomic E-state index is 0.0315. The summed E-state index contributed by atoms with van der Waals surface area (Å²) < 4.78 is 5.17. The van der Waals surface area contributed by atoms with Crippen molar-refractivity contribution >= 4 is 17.2 Å². The zero-order valence-corrected chi connectivity index (χ0v) is 12.5. The topological polar surface area (TPSA) is 91.3 Å². The van der Waals surface area contributed by atoms with Gasteiger partial charge < -0.3 is 4.52 Å². The number of Topliss-reactive ketones (excluding diaryl/α,β-unsaturated/α-hetero) is 1. The number of carbonyl (C=O) groups excluding carboxylic acids is 1. The molecule has 0 bridgehead atoms. The fourth-order valence-corrected chi connectivity index (χ4v) is 2.00. The van der Waals surface area contributed by atoms with Crippen LogP contribution in [-0.4, -0.2) is 16.7 Å². The van der Waals surface area contributed by atoms with Crippen LogP contribution in [0.15, 0.2) is 76.4 Å². The molecule has 24 heavy (non-hydrogen) atoms. The molecule has 2 aromatic carbocycles. The van der Waals surface area contributed by atoms with Crippen molar-refractivity contribution in [2.45, 2.75) is 0 Å². The second kappa shape index (κ2) is 7.03. The standard InChI is InChI=1S/C18H12N4O2/c19-12-16(21-20-14-9-5-2-6-10-14)18(23)15-11-17(24-22-15)13-7-3-1-4-8-13/h1-11,20H. The van der Waals surface area contributed by atoms with E-state index >= 15 is 0 Å². The van der Waals surface area contributed by atoms with Crippen LogP contribution in [0.25, 0.3) is 11.3 Å². The Balaban J connectivity index is 1.80. The Kier molecular flexibility index (Phi) is 4.45. The van der Waals surface area contributed by atoms with Crippen molar-refractivity contribution in [1.82, 2.24) is 5.16 Å². The Morgan fingerprint density at radius 1 is 1.08 bits per heavy atom. The summed E-state index contributed by atoms with van der Waals surface area (Å²) in [4.78, 5) is 12.3. The van der Waals surface area contributed by atoms with E-state index in [1.54, 1.807) is 18.2 Å². The SMILES string of the molecule is N#CC(=NNc1ccccc1)C(=O)c1cc(-c2ccccc2)on1. The summed E-state index contributed by atoms with van der Waals surface area (Å²) in [5, 5.41) is 16.7. The largest absolute Gasteiger partial charge is 0.356 e. The maximum absolute atomic E-state index is 12.3. The van der Waals surface area contributed by atoms with Gasteiger partial charge >= 0.3 is 0 Å². The third kappa shape index (κ3) is 3.36. The lowest BCUT2D eigenvalue weighted by molar-refractivity contribution is 0.105. The van der Waals surface area contributed by atoms with Crippen molar-refractivity contribution in [1.29, 1.82) is 5.26 Å². The van der Waals surface area contributed by atoms with Crippen LogP contribution in [0.4, 0.5) is 5.69 Å². The third-order valence-corrected chi connectivity index (χ3v) is 3.19. The number of benzene rings is 2. The molecule has 1 aromatic heterocycles.